The van der Waals surface area contributed by atoms with Gasteiger partial charge in [0.05, 0.1) is 18.3 Å². The van der Waals surface area contributed by atoms with Crippen LogP contribution in [0.15, 0.2) is 24.3 Å². The van der Waals surface area contributed by atoms with Crippen LogP contribution >= 0.6 is 0 Å². The number of morpholine rings is 1. The molecule has 2 heterocycles. The number of nitrogens with one attached hydrogen (secondary N) is 1. The van der Waals surface area contributed by atoms with E-state index in [4.69, 9.17) is 10.5 Å². The van der Waals surface area contributed by atoms with Crippen molar-refractivity contribution in [1.29, 1.82) is 0 Å². The van der Waals surface area contributed by atoms with Gasteiger partial charge in [-0.3, -0.25) is 9.69 Å². The first kappa shape index (κ1) is 13.4. The van der Waals surface area contributed by atoms with Crippen LogP contribution in [0, 0.1) is 0 Å². The number of benzene rings is 1. The Balaban J connectivity index is 1.52. The minimum atomic E-state index is -0.129. The van der Waals surface area contributed by atoms with Crippen LogP contribution in [0.3, 0.4) is 0 Å². The summed E-state index contributed by atoms with van der Waals surface area (Å²) in [5.41, 5.74) is 6.84. The van der Waals surface area contributed by atoms with Gasteiger partial charge < -0.3 is 15.8 Å². The highest BCUT2D eigenvalue weighted by Crippen LogP contribution is 2.22. The molecule has 5 heteroatoms. The first-order valence-electron chi connectivity index (χ1n) is 7.22. The van der Waals surface area contributed by atoms with Crippen molar-refractivity contribution in [2.45, 2.75) is 25.0 Å². The van der Waals surface area contributed by atoms with E-state index < -0.39 is 0 Å². The molecule has 2 fully saturated rings. The van der Waals surface area contributed by atoms with E-state index in [1.54, 1.807) is 12.1 Å². The van der Waals surface area contributed by atoms with Crippen LogP contribution in [-0.2, 0) is 4.74 Å². The molecule has 2 aliphatic rings. The monoisotopic (exact) mass is 275 g/mol. The van der Waals surface area contributed by atoms with Gasteiger partial charge in [-0.05, 0) is 31.5 Å². The van der Waals surface area contributed by atoms with E-state index in [-0.39, 0.29) is 12.0 Å². The van der Waals surface area contributed by atoms with Gasteiger partial charge in [-0.15, -0.1) is 0 Å². The van der Waals surface area contributed by atoms with Crippen LogP contribution in [0.25, 0.3) is 0 Å². The van der Waals surface area contributed by atoms with Gasteiger partial charge in [0.25, 0.3) is 5.91 Å². The summed E-state index contributed by atoms with van der Waals surface area (Å²) in [7, 11) is 0. The largest absolute Gasteiger partial charge is 0.398 e. The summed E-state index contributed by atoms with van der Waals surface area (Å²) in [6.07, 6.45) is 2.58. The van der Waals surface area contributed by atoms with Gasteiger partial charge in [-0.25, -0.2) is 0 Å². The number of hydrogen-bond donors (Lipinski definition) is 2. The summed E-state index contributed by atoms with van der Waals surface area (Å²) in [6, 6.07) is 7.71. The molecule has 1 aromatic rings. The predicted octanol–water partition coefficient (Wildman–Crippen LogP) is 0.862. The number of nitrogens with two attached hydrogens (primary N) is 1. The number of rotatable bonds is 3. The average molecular weight is 275 g/mol. The Morgan fingerprint density at radius 1 is 1.45 bits per heavy atom. The standard InChI is InChI=1S/C15H21N3O2/c16-14-6-2-1-5-13(14)15(19)17-8-12-9-18-7-3-4-11(18)10-20-12/h1-2,5-6,11-12H,3-4,7-10,16H2,(H,17,19). The Bertz CT molecular complexity index is 492. The topological polar surface area (TPSA) is 67.6 Å². The number of nitrogen functional groups attached to an aromatic ring is 1. The second-order valence-electron chi connectivity index (χ2n) is 5.54. The molecule has 2 unspecified atom stereocenters. The molecule has 0 radical (unpaired) electrons. The third-order valence-electron chi connectivity index (χ3n) is 4.16. The summed E-state index contributed by atoms with van der Waals surface area (Å²) < 4.78 is 5.82. The lowest BCUT2D eigenvalue weighted by molar-refractivity contribution is -0.0461. The fraction of sp³-hybridized carbons (Fsp3) is 0.533. The van der Waals surface area contributed by atoms with Crippen molar-refractivity contribution in [3.63, 3.8) is 0 Å². The Morgan fingerprint density at radius 3 is 3.15 bits per heavy atom. The Labute approximate surface area is 119 Å². The van der Waals surface area contributed by atoms with Gasteiger partial charge in [0.15, 0.2) is 0 Å². The Hall–Kier alpha value is -1.59. The molecule has 108 valence electrons. The Kier molecular flexibility index (Phi) is 3.89. The van der Waals surface area contributed by atoms with E-state index in [2.05, 4.69) is 10.2 Å². The average Bonchev–Trinajstić information content (AvgIpc) is 2.92. The molecule has 0 aromatic heterocycles. The minimum Gasteiger partial charge on any atom is -0.398 e. The molecule has 2 saturated heterocycles. The molecule has 0 saturated carbocycles. The zero-order valence-electron chi connectivity index (χ0n) is 11.5. The summed E-state index contributed by atoms with van der Waals surface area (Å²) >= 11 is 0. The fourth-order valence-corrected chi connectivity index (χ4v) is 3.01. The van der Waals surface area contributed by atoms with Crippen molar-refractivity contribution in [3.05, 3.63) is 29.8 Å². The highest BCUT2D eigenvalue weighted by Gasteiger charge is 2.32. The van der Waals surface area contributed by atoms with E-state index in [0.717, 1.165) is 19.7 Å². The van der Waals surface area contributed by atoms with Gasteiger partial charge in [-0.2, -0.15) is 0 Å². The smallest absolute Gasteiger partial charge is 0.253 e. The number of hydrogen-bond acceptors (Lipinski definition) is 4. The van der Waals surface area contributed by atoms with E-state index in [1.165, 1.54) is 12.8 Å². The normalized spacial score (nSPS) is 26.2. The number of ether oxygens (including phenoxy) is 1. The number of nitrogens with zero attached hydrogens (tertiary/aromatic N) is 1. The number of para-hydroxylation sites is 1. The quantitative estimate of drug-likeness (QED) is 0.803. The maximum absolute atomic E-state index is 12.1. The van der Waals surface area contributed by atoms with Crippen LogP contribution in [0.4, 0.5) is 5.69 Å². The molecule has 0 bridgehead atoms. The van der Waals surface area contributed by atoms with Crippen LogP contribution in [-0.4, -0.2) is 49.2 Å². The van der Waals surface area contributed by atoms with Crippen molar-refractivity contribution < 1.29 is 9.53 Å². The van der Waals surface area contributed by atoms with Crippen molar-refractivity contribution >= 4 is 11.6 Å². The molecular formula is C15H21N3O2. The van der Waals surface area contributed by atoms with Gasteiger partial charge in [-0.1, -0.05) is 12.1 Å². The first-order chi connectivity index (χ1) is 9.74. The van der Waals surface area contributed by atoms with E-state index in [9.17, 15) is 4.79 Å². The second-order valence-corrected chi connectivity index (χ2v) is 5.54. The van der Waals surface area contributed by atoms with E-state index in [1.807, 2.05) is 12.1 Å². The molecule has 2 atom stereocenters. The molecule has 1 aromatic carbocycles. The highest BCUT2D eigenvalue weighted by molar-refractivity contribution is 5.99. The van der Waals surface area contributed by atoms with E-state index in [0.29, 0.717) is 23.8 Å². The SMILES string of the molecule is Nc1ccccc1C(=O)NCC1CN2CCCC2CO1. The summed E-state index contributed by atoms with van der Waals surface area (Å²) in [6.45, 7) is 3.39. The summed E-state index contributed by atoms with van der Waals surface area (Å²) in [5.74, 6) is -0.129. The lowest BCUT2D eigenvalue weighted by Crippen LogP contribution is -2.50. The molecule has 3 N–H and O–H groups in total. The van der Waals surface area contributed by atoms with Gasteiger partial charge in [0.1, 0.15) is 0 Å². The summed E-state index contributed by atoms with van der Waals surface area (Å²) in [4.78, 5) is 14.5. The molecule has 20 heavy (non-hydrogen) atoms. The number of anilines is 1. The number of fused-ring (bicyclic) bond motifs is 1. The molecule has 3 rings (SSSR count). The van der Waals surface area contributed by atoms with Crippen LogP contribution in [0.1, 0.15) is 23.2 Å². The zero-order chi connectivity index (χ0) is 13.9. The predicted molar refractivity (Wildman–Crippen MR) is 77.5 cm³/mol. The molecule has 2 aliphatic heterocycles. The summed E-state index contributed by atoms with van der Waals surface area (Å²) in [5, 5.41) is 2.92. The van der Waals surface area contributed by atoms with Gasteiger partial charge in [0.2, 0.25) is 0 Å². The molecule has 5 nitrogen and oxygen atoms in total. The number of carbonyl (C=O) groups excluding carboxylic acids is 1. The third-order valence-corrected chi connectivity index (χ3v) is 4.16. The Morgan fingerprint density at radius 2 is 2.30 bits per heavy atom. The fourth-order valence-electron chi connectivity index (χ4n) is 3.01. The maximum Gasteiger partial charge on any atom is 0.253 e. The number of carbonyl (C=O) groups is 1. The van der Waals surface area contributed by atoms with Crippen LogP contribution in [0.5, 0.6) is 0 Å². The van der Waals surface area contributed by atoms with Crippen LogP contribution < -0.4 is 11.1 Å². The minimum absolute atomic E-state index is 0.0817. The van der Waals surface area contributed by atoms with Crippen molar-refractivity contribution in [1.82, 2.24) is 10.2 Å². The van der Waals surface area contributed by atoms with Crippen molar-refractivity contribution in [3.8, 4) is 0 Å². The van der Waals surface area contributed by atoms with Crippen molar-refractivity contribution in [2.75, 3.05) is 32.0 Å². The maximum atomic E-state index is 12.1. The zero-order valence-corrected chi connectivity index (χ0v) is 11.5. The van der Waals surface area contributed by atoms with Crippen molar-refractivity contribution in [2.24, 2.45) is 0 Å². The van der Waals surface area contributed by atoms with Crippen LogP contribution in [0.2, 0.25) is 0 Å². The number of amides is 1. The van der Waals surface area contributed by atoms with Gasteiger partial charge in [0, 0.05) is 24.8 Å². The lowest BCUT2D eigenvalue weighted by atomic mass is 10.1. The molecule has 0 spiro atoms. The molecule has 0 aliphatic carbocycles. The highest BCUT2D eigenvalue weighted by atomic mass is 16.5. The van der Waals surface area contributed by atoms with E-state index >= 15 is 0 Å². The molecular weight excluding hydrogens is 254 g/mol. The van der Waals surface area contributed by atoms with Gasteiger partial charge >= 0.3 is 0 Å². The molecule has 1 amide bonds. The third kappa shape index (κ3) is 2.78. The second kappa shape index (κ2) is 5.81. The first-order valence-corrected chi connectivity index (χ1v) is 7.22. The lowest BCUT2D eigenvalue weighted by Gasteiger charge is -2.35.